The van der Waals surface area contributed by atoms with Crippen LogP contribution in [0.15, 0.2) is 36.9 Å². The number of Topliss-reactive ketones (excluding diaryl/α,β-unsaturated/α-hetero) is 1. The molecule has 2 aromatic rings. The normalized spacial score (nSPS) is 10.9. The van der Waals surface area contributed by atoms with E-state index >= 15 is 0 Å². The number of anilines is 1. The standard InChI is InChI=1S/C21H25Cl2N3O2/c1-5-10-26-14(3)11-16(15(26)4)19(27)12-25(6-2)13-20(28)24-21-17(22)8-7-9-18(21)23/h5,7-9,11H,1,6,10,12-13H2,2-4H3,(H,24,28). The molecule has 7 heteroatoms. The lowest BCUT2D eigenvalue weighted by molar-refractivity contribution is -0.117. The Morgan fingerprint density at radius 3 is 2.43 bits per heavy atom. The number of carbonyl (C=O) groups is 2. The zero-order valence-electron chi connectivity index (χ0n) is 16.4. The van der Waals surface area contributed by atoms with E-state index in [1.165, 1.54) is 0 Å². The molecule has 0 fully saturated rings. The van der Waals surface area contributed by atoms with Crippen molar-refractivity contribution in [1.29, 1.82) is 0 Å². The number of benzene rings is 1. The Morgan fingerprint density at radius 2 is 1.86 bits per heavy atom. The zero-order chi connectivity index (χ0) is 20.8. The lowest BCUT2D eigenvalue weighted by Crippen LogP contribution is -2.37. The fraction of sp³-hybridized carbons (Fsp3) is 0.333. The van der Waals surface area contributed by atoms with Crippen molar-refractivity contribution in [3.8, 4) is 0 Å². The van der Waals surface area contributed by atoms with Crippen molar-refractivity contribution in [1.82, 2.24) is 9.47 Å². The Balaban J connectivity index is 2.06. The van der Waals surface area contributed by atoms with Gasteiger partial charge in [0.05, 0.1) is 28.8 Å². The van der Waals surface area contributed by atoms with E-state index in [1.807, 2.05) is 31.4 Å². The maximum Gasteiger partial charge on any atom is 0.238 e. The maximum absolute atomic E-state index is 12.8. The number of allylic oxidation sites excluding steroid dienone is 1. The largest absolute Gasteiger partial charge is 0.345 e. The number of aromatic nitrogens is 1. The summed E-state index contributed by atoms with van der Waals surface area (Å²) >= 11 is 12.2. The monoisotopic (exact) mass is 421 g/mol. The average Bonchev–Trinajstić information content (AvgIpc) is 2.93. The Bertz CT molecular complexity index is 870. The highest BCUT2D eigenvalue weighted by atomic mass is 35.5. The highest BCUT2D eigenvalue weighted by Crippen LogP contribution is 2.29. The number of rotatable bonds is 9. The van der Waals surface area contributed by atoms with Crippen LogP contribution in [0, 0.1) is 13.8 Å². The Hall–Kier alpha value is -2.08. The summed E-state index contributed by atoms with van der Waals surface area (Å²) in [6.45, 7) is 11.0. The summed E-state index contributed by atoms with van der Waals surface area (Å²) in [5.41, 5.74) is 2.97. The first-order chi connectivity index (χ1) is 13.3. The molecule has 0 aliphatic carbocycles. The zero-order valence-corrected chi connectivity index (χ0v) is 17.9. The van der Waals surface area contributed by atoms with Gasteiger partial charge < -0.3 is 9.88 Å². The van der Waals surface area contributed by atoms with E-state index in [0.29, 0.717) is 34.4 Å². The molecule has 0 aliphatic rings. The molecule has 0 saturated carbocycles. The van der Waals surface area contributed by atoms with E-state index in [0.717, 1.165) is 11.4 Å². The van der Waals surface area contributed by atoms with Crippen molar-refractivity contribution in [3.05, 3.63) is 63.9 Å². The van der Waals surface area contributed by atoms with Crippen molar-refractivity contribution in [3.63, 3.8) is 0 Å². The van der Waals surface area contributed by atoms with E-state index < -0.39 is 0 Å². The Morgan fingerprint density at radius 1 is 1.21 bits per heavy atom. The molecule has 0 radical (unpaired) electrons. The molecule has 1 heterocycles. The summed E-state index contributed by atoms with van der Waals surface area (Å²) in [5, 5.41) is 3.47. The van der Waals surface area contributed by atoms with Gasteiger partial charge >= 0.3 is 0 Å². The number of amides is 1. The number of hydrogen-bond donors (Lipinski definition) is 1. The first-order valence-corrected chi connectivity index (χ1v) is 9.81. The molecule has 5 nitrogen and oxygen atoms in total. The van der Waals surface area contributed by atoms with Crippen molar-refractivity contribution in [2.75, 3.05) is 25.0 Å². The summed E-state index contributed by atoms with van der Waals surface area (Å²) < 4.78 is 2.04. The fourth-order valence-electron chi connectivity index (χ4n) is 3.06. The number of nitrogens with zero attached hydrogens (tertiary/aromatic N) is 2. The minimum Gasteiger partial charge on any atom is -0.345 e. The van der Waals surface area contributed by atoms with E-state index in [-0.39, 0.29) is 24.8 Å². The number of para-hydroxylation sites is 1. The first-order valence-electron chi connectivity index (χ1n) is 9.05. The van der Waals surface area contributed by atoms with E-state index in [4.69, 9.17) is 23.2 Å². The molecule has 150 valence electrons. The molecule has 0 unspecified atom stereocenters. The molecule has 0 atom stereocenters. The van der Waals surface area contributed by atoms with Crippen molar-refractivity contribution in [2.45, 2.75) is 27.3 Å². The maximum atomic E-state index is 12.8. The van der Waals surface area contributed by atoms with Crippen LogP contribution in [-0.2, 0) is 11.3 Å². The lowest BCUT2D eigenvalue weighted by Gasteiger charge is -2.19. The fourth-order valence-corrected chi connectivity index (χ4v) is 3.55. The van der Waals surface area contributed by atoms with Crippen LogP contribution in [0.1, 0.15) is 28.7 Å². The smallest absolute Gasteiger partial charge is 0.238 e. The number of carbonyl (C=O) groups excluding carboxylic acids is 2. The summed E-state index contributed by atoms with van der Waals surface area (Å²) in [6.07, 6.45) is 1.80. The van der Waals surface area contributed by atoms with E-state index in [2.05, 4.69) is 11.9 Å². The molecule has 1 N–H and O–H groups in total. The molecule has 2 rings (SSSR count). The van der Waals surface area contributed by atoms with Gasteiger partial charge in [0.15, 0.2) is 5.78 Å². The molecule has 1 amide bonds. The van der Waals surface area contributed by atoms with Gasteiger partial charge in [0, 0.05) is 23.5 Å². The summed E-state index contributed by atoms with van der Waals surface area (Å²) in [6, 6.07) is 6.91. The SMILES string of the molecule is C=CCn1c(C)cc(C(=O)CN(CC)CC(=O)Nc2c(Cl)cccc2Cl)c1C. The van der Waals surface area contributed by atoms with Gasteiger partial charge in [-0.1, -0.05) is 42.3 Å². The van der Waals surface area contributed by atoms with E-state index in [9.17, 15) is 9.59 Å². The number of nitrogens with one attached hydrogen (secondary N) is 1. The molecule has 1 aromatic carbocycles. The van der Waals surface area contributed by atoms with Crippen molar-refractivity contribution < 1.29 is 9.59 Å². The second kappa shape index (κ2) is 9.92. The summed E-state index contributed by atoms with van der Waals surface area (Å²) in [4.78, 5) is 27.0. The predicted octanol–water partition coefficient (Wildman–Crippen LogP) is 4.74. The van der Waals surface area contributed by atoms with Crippen molar-refractivity contribution >= 4 is 40.6 Å². The third-order valence-electron chi connectivity index (χ3n) is 4.59. The molecular weight excluding hydrogens is 397 g/mol. The van der Waals surface area contributed by atoms with Gasteiger partial charge in [0.1, 0.15) is 0 Å². The summed E-state index contributed by atoms with van der Waals surface area (Å²) in [7, 11) is 0. The molecule has 28 heavy (non-hydrogen) atoms. The third-order valence-corrected chi connectivity index (χ3v) is 5.22. The number of aryl methyl sites for hydroxylation is 1. The number of hydrogen-bond acceptors (Lipinski definition) is 3. The van der Waals surface area contributed by atoms with Gasteiger partial charge in [0.25, 0.3) is 0 Å². The average molecular weight is 422 g/mol. The highest BCUT2D eigenvalue weighted by molar-refractivity contribution is 6.39. The van der Waals surface area contributed by atoms with Gasteiger partial charge in [-0.3, -0.25) is 14.5 Å². The first kappa shape index (κ1) is 22.2. The number of ketones is 1. The number of halogens is 2. The lowest BCUT2D eigenvalue weighted by atomic mass is 10.1. The van der Waals surface area contributed by atoms with Crippen LogP contribution < -0.4 is 5.32 Å². The second-order valence-corrected chi connectivity index (χ2v) is 7.37. The van der Waals surface area contributed by atoms with Crippen LogP contribution in [0.5, 0.6) is 0 Å². The van der Waals surface area contributed by atoms with Crippen molar-refractivity contribution in [2.24, 2.45) is 0 Å². The second-order valence-electron chi connectivity index (χ2n) is 6.56. The molecule has 0 saturated heterocycles. The predicted molar refractivity (Wildman–Crippen MR) is 116 cm³/mol. The number of likely N-dealkylation sites (N-methyl/N-ethyl adjacent to an activating group) is 1. The highest BCUT2D eigenvalue weighted by Gasteiger charge is 2.19. The van der Waals surface area contributed by atoms with Gasteiger partial charge in [-0.25, -0.2) is 0 Å². The van der Waals surface area contributed by atoms with Gasteiger partial charge in [0.2, 0.25) is 5.91 Å². The molecule has 1 aromatic heterocycles. The minimum absolute atomic E-state index is 0.0196. The van der Waals surface area contributed by atoms with Crippen LogP contribution in [0.3, 0.4) is 0 Å². The molecule has 0 spiro atoms. The molecule has 0 bridgehead atoms. The van der Waals surface area contributed by atoms with Gasteiger partial charge in [-0.2, -0.15) is 0 Å². The minimum atomic E-state index is -0.276. The molecular formula is C21H25Cl2N3O2. The quantitative estimate of drug-likeness (QED) is 0.469. The van der Waals surface area contributed by atoms with Crippen LogP contribution in [0.4, 0.5) is 5.69 Å². The summed E-state index contributed by atoms with van der Waals surface area (Å²) in [5.74, 6) is -0.296. The Labute approximate surface area is 175 Å². The van der Waals surface area contributed by atoms with Crippen LogP contribution in [-0.4, -0.2) is 40.8 Å². The topological polar surface area (TPSA) is 54.3 Å². The van der Waals surface area contributed by atoms with Crippen LogP contribution in [0.25, 0.3) is 0 Å². The molecule has 0 aliphatic heterocycles. The third kappa shape index (κ3) is 5.25. The van der Waals surface area contributed by atoms with Gasteiger partial charge in [-0.05, 0) is 38.6 Å². The van der Waals surface area contributed by atoms with E-state index in [1.54, 1.807) is 29.2 Å². The van der Waals surface area contributed by atoms with Gasteiger partial charge in [-0.15, -0.1) is 6.58 Å². The Kier molecular flexibility index (Phi) is 7.87. The van der Waals surface area contributed by atoms with Crippen LogP contribution in [0.2, 0.25) is 10.0 Å². The van der Waals surface area contributed by atoms with Crippen LogP contribution >= 0.6 is 23.2 Å².